The molecule has 27 heavy (non-hydrogen) atoms. The van der Waals surface area contributed by atoms with E-state index in [1.54, 1.807) is 6.07 Å². The third-order valence-corrected chi connectivity index (χ3v) is 4.66. The van der Waals surface area contributed by atoms with Crippen molar-refractivity contribution in [2.75, 3.05) is 13.2 Å². The SMILES string of the molecule is CCCc1cc(Cl)c(Cl)cc1OCCCCCOc1coc(CO)cc1=O. The molecule has 7 heteroatoms. The number of unbranched alkanes of at least 4 members (excludes halogenated alkanes) is 2. The number of rotatable bonds is 11. The number of hydrogen-bond donors (Lipinski definition) is 1. The summed E-state index contributed by atoms with van der Waals surface area (Å²) < 4.78 is 16.3. The van der Waals surface area contributed by atoms with Gasteiger partial charge in [0.15, 0.2) is 0 Å². The van der Waals surface area contributed by atoms with E-state index in [1.165, 1.54) is 12.3 Å². The van der Waals surface area contributed by atoms with Gasteiger partial charge in [-0.2, -0.15) is 0 Å². The maximum absolute atomic E-state index is 11.7. The number of hydrogen-bond acceptors (Lipinski definition) is 5. The Morgan fingerprint density at radius 1 is 1.00 bits per heavy atom. The van der Waals surface area contributed by atoms with Gasteiger partial charge in [-0.3, -0.25) is 4.79 Å². The molecule has 1 aromatic heterocycles. The minimum atomic E-state index is -0.311. The molecule has 1 N–H and O–H groups in total. The van der Waals surface area contributed by atoms with E-state index in [2.05, 4.69) is 6.92 Å². The zero-order valence-electron chi connectivity index (χ0n) is 15.3. The van der Waals surface area contributed by atoms with E-state index in [1.807, 2.05) is 6.07 Å². The minimum Gasteiger partial charge on any atom is -0.493 e. The van der Waals surface area contributed by atoms with Crippen LogP contribution in [0.1, 0.15) is 43.9 Å². The van der Waals surface area contributed by atoms with Gasteiger partial charge < -0.3 is 19.0 Å². The van der Waals surface area contributed by atoms with Crippen LogP contribution in [0, 0.1) is 0 Å². The molecule has 0 amide bonds. The van der Waals surface area contributed by atoms with Crippen LogP contribution in [0.15, 0.2) is 33.7 Å². The lowest BCUT2D eigenvalue weighted by molar-refractivity contribution is 0.235. The summed E-state index contributed by atoms with van der Waals surface area (Å²) in [7, 11) is 0. The highest BCUT2D eigenvalue weighted by molar-refractivity contribution is 6.42. The van der Waals surface area contributed by atoms with E-state index in [0.717, 1.165) is 43.4 Å². The zero-order valence-corrected chi connectivity index (χ0v) is 16.8. The van der Waals surface area contributed by atoms with Crippen molar-refractivity contribution in [3.8, 4) is 11.5 Å². The molecular weight excluding hydrogens is 391 g/mol. The molecule has 148 valence electrons. The molecule has 0 aliphatic rings. The summed E-state index contributed by atoms with van der Waals surface area (Å²) in [6, 6.07) is 4.87. The van der Waals surface area contributed by atoms with Gasteiger partial charge in [-0.1, -0.05) is 36.5 Å². The van der Waals surface area contributed by atoms with Crippen LogP contribution in [0.2, 0.25) is 10.0 Å². The van der Waals surface area contributed by atoms with Gasteiger partial charge in [-0.25, -0.2) is 0 Å². The van der Waals surface area contributed by atoms with E-state index in [9.17, 15) is 4.79 Å². The van der Waals surface area contributed by atoms with Crippen molar-refractivity contribution in [3.05, 3.63) is 56.1 Å². The molecule has 5 nitrogen and oxygen atoms in total. The molecule has 0 bridgehead atoms. The molecule has 0 saturated carbocycles. The number of ether oxygens (including phenoxy) is 2. The molecular formula is C20H24Cl2O5. The average Bonchev–Trinajstić information content (AvgIpc) is 2.65. The number of aliphatic hydroxyl groups excluding tert-OH is 1. The Morgan fingerprint density at radius 3 is 2.30 bits per heavy atom. The van der Waals surface area contributed by atoms with Crippen molar-refractivity contribution in [2.24, 2.45) is 0 Å². The Morgan fingerprint density at radius 2 is 1.67 bits per heavy atom. The second kappa shape index (κ2) is 11.2. The van der Waals surface area contributed by atoms with Crippen LogP contribution in [0.25, 0.3) is 0 Å². The molecule has 2 rings (SSSR count). The summed E-state index contributed by atoms with van der Waals surface area (Å²) in [6.07, 6.45) is 5.65. The Kier molecular flexibility index (Phi) is 8.98. The van der Waals surface area contributed by atoms with Crippen LogP contribution in [-0.4, -0.2) is 18.3 Å². The number of aliphatic hydroxyl groups is 1. The third-order valence-electron chi connectivity index (χ3n) is 3.93. The van der Waals surface area contributed by atoms with Crippen molar-refractivity contribution in [1.82, 2.24) is 0 Å². The van der Waals surface area contributed by atoms with E-state index in [0.29, 0.717) is 23.3 Å². The summed E-state index contributed by atoms with van der Waals surface area (Å²) in [5.74, 6) is 1.15. The van der Waals surface area contributed by atoms with E-state index in [4.69, 9.17) is 42.2 Å². The second-order valence-electron chi connectivity index (χ2n) is 6.11. The summed E-state index contributed by atoms with van der Waals surface area (Å²) >= 11 is 12.2. The third kappa shape index (κ3) is 6.76. The van der Waals surface area contributed by atoms with Gasteiger partial charge in [0.05, 0.1) is 23.3 Å². The lowest BCUT2D eigenvalue weighted by Gasteiger charge is -2.12. The zero-order chi connectivity index (χ0) is 19.6. The van der Waals surface area contributed by atoms with Crippen molar-refractivity contribution in [2.45, 2.75) is 45.6 Å². The summed E-state index contributed by atoms with van der Waals surface area (Å²) in [6.45, 7) is 2.78. The molecule has 0 spiro atoms. The Hall–Kier alpha value is -1.69. The van der Waals surface area contributed by atoms with Gasteiger partial charge in [0.25, 0.3) is 0 Å². The molecule has 0 atom stereocenters. The maximum atomic E-state index is 11.7. The first kappa shape index (κ1) is 21.6. The normalized spacial score (nSPS) is 10.8. The molecule has 2 aromatic rings. The first-order chi connectivity index (χ1) is 13.0. The largest absolute Gasteiger partial charge is 0.493 e. The van der Waals surface area contributed by atoms with Crippen LogP contribution in [0.4, 0.5) is 0 Å². The smallest absolute Gasteiger partial charge is 0.227 e. The quantitative estimate of drug-likeness (QED) is 0.522. The van der Waals surface area contributed by atoms with Gasteiger partial charge in [0, 0.05) is 12.1 Å². The van der Waals surface area contributed by atoms with Crippen LogP contribution >= 0.6 is 23.2 Å². The van der Waals surface area contributed by atoms with Crippen molar-refractivity contribution < 1.29 is 19.0 Å². The van der Waals surface area contributed by atoms with E-state index in [-0.39, 0.29) is 23.5 Å². The Bertz CT molecular complexity index is 788. The molecule has 0 saturated heterocycles. The Balaban J connectivity index is 1.70. The lowest BCUT2D eigenvalue weighted by Crippen LogP contribution is -2.09. The molecule has 0 unspecified atom stereocenters. The number of benzene rings is 1. The summed E-state index contributed by atoms with van der Waals surface area (Å²) in [4.78, 5) is 11.7. The highest BCUT2D eigenvalue weighted by Crippen LogP contribution is 2.31. The van der Waals surface area contributed by atoms with Crippen molar-refractivity contribution in [3.63, 3.8) is 0 Å². The minimum absolute atomic E-state index is 0.156. The lowest BCUT2D eigenvalue weighted by atomic mass is 10.1. The first-order valence-electron chi connectivity index (χ1n) is 9.01. The average molecular weight is 415 g/mol. The maximum Gasteiger partial charge on any atom is 0.227 e. The molecule has 0 radical (unpaired) electrons. The molecule has 1 heterocycles. The van der Waals surface area contributed by atoms with Crippen molar-refractivity contribution >= 4 is 23.2 Å². The van der Waals surface area contributed by atoms with Crippen LogP contribution in [0.5, 0.6) is 11.5 Å². The number of halogens is 2. The number of aryl methyl sites for hydroxylation is 1. The summed E-state index contributed by atoms with van der Waals surface area (Å²) in [5, 5.41) is 9.94. The first-order valence-corrected chi connectivity index (χ1v) is 9.76. The fourth-order valence-corrected chi connectivity index (χ4v) is 2.88. The van der Waals surface area contributed by atoms with Gasteiger partial charge in [0.2, 0.25) is 11.2 Å². The van der Waals surface area contributed by atoms with Gasteiger partial charge >= 0.3 is 0 Å². The highest BCUT2D eigenvalue weighted by atomic mass is 35.5. The predicted molar refractivity (Wildman–Crippen MR) is 106 cm³/mol. The van der Waals surface area contributed by atoms with Gasteiger partial charge in [-0.15, -0.1) is 0 Å². The highest BCUT2D eigenvalue weighted by Gasteiger charge is 2.08. The second-order valence-corrected chi connectivity index (χ2v) is 6.93. The molecule has 0 fully saturated rings. The van der Waals surface area contributed by atoms with E-state index >= 15 is 0 Å². The fourth-order valence-electron chi connectivity index (χ4n) is 2.54. The Labute approximate surface area is 168 Å². The van der Waals surface area contributed by atoms with Gasteiger partial charge in [0.1, 0.15) is 24.4 Å². The standard InChI is InChI=1S/C20H24Cl2O5/c1-2-6-14-9-16(21)17(22)11-19(14)25-7-4-3-5-8-26-20-13-27-15(12-23)10-18(20)24/h9-11,13,23H,2-8,12H2,1H3. The van der Waals surface area contributed by atoms with E-state index < -0.39 is 0 Å². The monoisotopic (exact) mass is 414 g/mol. The fraction of sp³-hybridized carbons (Fsp3) is 0.450. The van der Waals surface area contributed by atoms with Gasteiger partial charge in [-0.05, 0) is 37.3 Å². The topological polar surface area (TPSA) is 68.9 Å². The molecule has 1 aromatic carbocycles. The van der Waals surface area contributed by atoms with Crippen LogP contribution < -0.4 is 14.9 Å². The van der Waals surface area contributed by atoms with Crippen LogP contribution in [-0.2, 0) is 13.0 Å². The predicted octanol–water partition coefficient (Wildman–Crippen LogP) is 5.02. The van der Waals surface area contributed by atoms with Crippen molar-refractivity contribution in [1.29, 1.82) is 0 Å². The molecule has 0 aliphatic heterocycles. The summed E-state index contributed by atoms with van der Waals surface area (Å²) in [5.41, 5.74) is 0.769. The molecule has 0 aliphatic carbocycles. The van der Waals surface area contributed by atoms with Crippen LogP contribution in [0.3, 0.4) is 0 Å².